The summed E-state index contributed by atoms with van der Waals surface area (Å²) in [5.74, 6) is 0.224. The second-order valence-corrected chi connectivity index (χ2v) is 7.02. The maximum Gasteiger partial charge on any atom is 0.227 e. The Labute approximate surface area is 136 Å². The Balaban J connectivity index is 1.59. The monoisotopic (exact) mass is 326 g/mol. The number of hydrogen-bond acceptors (Lipinski definition) is 4. The average Bonchev–Trinajstić information content (AvgIpc) is 3.28. The minimum atomic E-state index is 0.224. The van der Waals surface area contributed by atoms with E-state index in [1.165, 1.54) is 4.88 Å². The topological polar surface area (TPSA) is 33.2 Å². The first-order chi connectivity index (χ1) is 10.8. The van der Waals surface area contributed by atoms with Crippen LogP contribution in [0.25, 0.3) is 21.1 Å². The number of benzene rings is 1. The van der Waals surface area contributed by atoms with Gasteiger partial charge in [0, 0.05) is 29.6 Å². The fourth-order valence-electron chi connectivity index (χ4n) is 2.65. The van der Waals surface area contributed by atoms with Crippen LogP contribution < -0.4 is 4.90 Å². The number of carbonyl (C=O) groups is 1. The molecule has 0 spiro atoms. The Bertz CT molecular complexity index is 790. The molecule has 4 rings (SSSR count). The highest BCUT2D eigenvalue weighted by atomic mass is 32.1. The van der Waals surface area contributed by atoms with Crippen molar-refractivity contribution in [2.75, 3.05) is 11.4 Å². The first-order valence-electron chi connectivity index (χ1n) is 7.21. The highest BCUT2D eigenvalue weighted by Crippen LogP contribution is 2.32. The van der Waals surface area contributed by atoms with Crippen molar-refractivity contribution in [1.82, 2.24) is 4.98 Å². The van der Waals surface area contributed by atoms with Gasteiger partial charge in [0.15, 0.2) is 0 Å². The van der Waals surface area contributed by atoms with Crippen LogP contribution in [0.4, 0.5) is 5.69 Å². The van der Waals surface area contributed by atoms with E-state index in [4.69, 9.17) is 4.98 Å². The van der Waals surface area contributed by atoms with Crippen molar-refractivity contribution in [3.05, 3.63) is 47.2 Å². The summed E-state index contributed by atoms with van der Waals surface area (Å²) in [6, 6.07) is 12.3. The van der Waals surface area contributed by atoms with Crippen LogP contribution in [0.15, 0.2) is 47.2 Å². The summed E-state index contributed by atoms with van der Waals surface area (Å²) in [6.45, 7) is 0.831. The highest BCUT2D eigenvalue weighted by Gasteiger charge is 2.21. The zero-order chi connectivity index (χ0) is 14.9. The summed E-state index contributed by atoms with van der Waals surface area (Å²) < 4.78 is 0. The van der Waals surface area contributed by atoms with Gasteiger partial charge in [-0.3, -0.25) is 4.79 Å². The number of carbonyl (C=O) groups excluding carboxylic acids is 1. The van der Waals surface area contributed by atoms with Crippen molar-refractivity contribution in [2.24, 2.45) is 0 Å². The number of nitrogens with zero attached hydrogens (tertiary/aromatic N) is 2. The molecule has 3 aromatic rings. The summed E-state index contributed by atoms with van der Waals surface area (Å²) >= 11 is 3.37. The minimum absolute atomic E-state index is 0.224. The van der Waals surface area contributed by atoms with Gasteiger partial charge in [-0.05, 0) is 30.0 Å². The maximum absolute atomic E-state index is 11.8. The average molecular weight is 326 g/mol. The summed E-state index contributed by atoms with van der Waals surface area (Å²) in [5.41, 5.74) is 3.07. The van der Waals surface area contributed by atoms with Crippen LogP contribution in [0, 0.1) is 0 Å². The lowest BCUT2D eigenvalue weighted by atomic mass is 10.1. The van der Waals surface area contributed by atoms with Gasteiger partial charge in [-0.15, -0.1) is 22.7 Å². The predicted octanol–water partition coefficient (Wildman–Crippen LogP) is 4.67. The fourth-order valence-corrected chi connectivity index (χ4v) is 4.30. The molecule has 1 saturated heterocycles. The van der Waals surface area contributed by atoms with Crippen LogP contribution >= 0.6 is 22.7 Å². The largest absolute Gasteiger partial charge is 0.312 e. The Morgan fingerprint density at radius 2 is 1.95 bits per heavy atom. The van der Waals surface area contributed by atoms with Gasteiger partial charge < -0.3 is 4.90 Å². The van der Waals surface area contributed by atoms with Crippen LogP contribution in [0.3, 0.4) is 0 Å². The highest BCUT2D eigenvalue weighted by molar-refractivity contribution is 7.20. The molecule has 0 N–H and O–H groups in total. The van der Waals surface area contributed by atoms with Gasteiger partial charge in [0.25, 0.3) is 0 Å². The molecule has 0 aliphatic carbocycles. The predicted molar refractivity (Wildman–Crippen MR) is 92.5 cm³/mol. The molecule has 2 aromatic heterocycles. The van der Waals surface area contributed by atoms with Gasteiger partial charge in [-0.25, -0.2) is 4.98 Å². The molecule has 5 heteroatoms. The minimum Gasteiger partial charge on any atom is -0.312 e. The molecule has 0 radical (unpaired) electrons. The van der Waals surface area contributed by atoms with Gasteiger partial charge in [-0.1, -0.05) is 18.2 Å². The zero-order valence-electron chi connectivity index (χ0n) is 11.9. The molecule has 1 amide bonds. The molecule has 3 heterocycles. The second kappa shape index (κ2) is 5.66. The van der Waals surface area contributed by atoms with Gasteiger partial charge in [0.2, 0.25) is 5.91 Å². The van der Waals surface area contributed by atoms with E-state index in [0.717, 1.165) is 34.9 Å². The molecular formula is C17H14N2OS2. The normalized spacial score (nSPS) is 14.7. The van der Waals surface area contributed by atoms with Crippen LogP contribution in [0.1, 0.15) is 12.8 Å². The summed E-state index contributed by atoms with van der Waals surface area (Å²) in [5, 5.41) is 5.22. The van der Waals surface area contributed by atoms with Crippen molar-refractivity contribution in [3.8, 4) is 21.1 Å². The van der Waals surface area contributed by atoms with Crippen LogP contribution in [-0.4, -0.2) is 17.4 Å². The van der Waals surface area contributed by atoms with E-state index >= 15 is 0 Å². The van der Waals surface area contributed by atoms with Crippen LogP contribution in [0.2, 0.25) is 0 Å². The van der Waals surface area contributed by atoms with Crippen LogP contribution in [0.5, 0.6) is 0 Å². The lowest BCUT2D eigenvalue weighted by Crippen LogP contribution is -2.23. The van der Waals surface area contributed by atoms with E-state index in [-0.39, 0.29) is 5.91 Å². The molecule has 0 atom stereocenters. The fraction of sp³-hybridized carbons (Fsp3) is 0.176. The third-order valence-corrected chi connectivity index (χ3v) is 5.67. The van der Waals surface area contributed by atoms with E-state index in [1.807, 2.05) is 35.2 Å². The number of amides is 1. The van der Waals surface area contributed by atoms with Crippen LogP contribution in [-0.2, 0) is 4.79 Å². The molecule has 0 unspecified atom stereocenters. The van der Waals surface area contributed by atoms with Gasteiger partial charge in [-0.2, -0.15) is 0 Å². The molecule has 0 bridgehead atoms. The first-order valence-corrected chi connectivity index (χ1v) is 8.97. The van der Waals surface area contributed by atoms with Gasteiger partial charge >= 0.3 is 0 Å². The smallest absolute Gasteiger partial charge is 0.227 e. The van der Waals surface area contributed by atoms with E-state index in [1.54, 1.807) is 22.7 Å². The zero-order valence-corrected chi connectivity index (χ0v) is 13.5. The number of anilines is 1. The quantitative estimate of drug-likeness (QED) is 0.701. The third kappa shape index (κ3) is 2.46. The van der Waals surface area contributed by atoms with Crippen molar-refractivity contribution < 1.29 is 4.79 Å². The molecule has 0 saturated carbocycles. The number of rotatable bonds is 3. The van der Waals surface area contributed by atoms with Gasteiger partial charge in [0.05, 0.1) is 10.6 Å². The summed E-state index contributed by atoms with van der Waals surface area (Å²) in [7, 11) is 0. The number of hydrogen-bond donors (Lipinski definition) is 0. The van der Waals surface area contributed by atoms with E-state index < -0.39 is 0 Å². The van der Waals surface area contributed by atoms with Gasteiger partial charge in [0.1, 0.15) is 5.01 Å². The molecule has 1 aliphatic heterocycles. The van der Waals surface area contributed by atoms with E-state index in [9.17, 15) is 4.79 Å². The molecule has 3 nitrogen and oxygen atoms in total. The Morgan fingerprint density at radius 3 is 2.64 bits per heavy atom. The number of thiazole rings is 1. The lowest BCUT2D eigenvalue weighted by molar-refractivity contribution is -0.117. The second-order valence-electron chi connectivity index (χ2n) is 5.21. The molecule has 1 aliphatic rings. The molecule has 1 fully saturated rings. The Hall–Kier alpha value is -1.98. The molecule has 110 valence electrons. The SMILES string of the molecule is O=C1CCCN1c1ccc(-c2csc(-c3cccs3)n2)cc1. The number of aromatic nitrogens is 1. The molecule has 1 aromatic carbocycles. The summed E-state index contributed by atoms with van der Waals surface area (Å²) in [6.07, 6.45) is 1.62. The standard InChI is InChI=1S/C17H14N2OS2/c20-16-4-1-9-19(16)13-7-5-12(6-8-13)14-11-22-17(18-14)15-3-2-10-21-15/h2-3,5-8,10-11H,1,4,9H2. The van der Waals surface area contributed by atoms with Crippen molar-refractivity contribution >= 4 is 34.3 Å². The number of thiophene rings is 1. The molecular weight excluding hydrogens is 312 g/mol. The van der Waals surface area contributed by atoms with Crippen molar-refractivity contribution in [3.63, 3.8) is 0 Å². The van der Waals surface area contributed by atoms with Crippen molar-refractivity contribution in [2.45, 2.75) is 12.8 Å². The Kier molecular flexibility index (Phi) is 3.52. The lowest BCUT2D eigenvalue weighted by Gasteiger charge is -2.15. The van der Waals surface area contributed by atoms with E-state index in [0.29, 0.717) is 6.42 Å². The molecule has 22 heavy (non-hydrogen) atoms. The maximum atomic E-state index is 11.8. The third-order valence-electron chi connectivity index (χ3n) is 3.78. The van der Waals surface area contributed by atoms with E-state index in [2.05, 4.69) is 16.8 Å². The first kappa shape index (κ1) is 13.7. The summed E-state index contributed by atoms with van der Waals surface area (Å²) in [4.78, 5) is 19.6. The van der Waals surface area contributed by atoms with Crippen molar-refractivity contribution in [1.29, 1.82) is 0 Å². The Morgan fingerprint density at radius 1 is 1.09 bits per heavy atom.